The van der Waals surface area contributed by atoms with Crippen LogP contribution in [0.2, 0.25) is 0 Å². The molecule has 0 radical (unpaired) electrons. The van der Waals surface area contributed by atoms with Crippen molar-refractivity contribution in [2.45, 2.75) is 24.8 Å². The van der Waals surface area contributed by atoms with Crippen LogP contribution in [0.25, 0.3) is 22.1 Å². The fraction of sp³-hybridized carbons (Fsp3) is 0.250. The molecule has 0 aliphatic carbocycles. The molecule has 0 unspecified atom stereocenters. The van der Waals surface area contributed by atoms with Crippen molar-refractivity contribution in [2.75, 3.05) is 11.1 Å². The molecule has 3 aromatic heterocycles. The number of para-hydroxylation sites is 1. The van der Waals surface area contributed by atoms with E-state index in [-0.39, 0.29) is 22.2 Å². The molecule has 4 aromatic rings. The number of halogens is 3. The van der Waals surface area contributed by atoms with E-state index in [1.165, 1.54) is 0 Å². The van der Waals surface area contributed by atoms with Gasteiger partial charge in [0, 0.05) is 11.9 Å². The van der Waals surface area contributed by atoms with Gasteiger partial charge in [0.25, 0.3) is 0 Å². The number of nitrogens with one attached hydrogen (secondary N) is 1. The number of aromatic nitrogens is 6. The molecule has 8 nitrogen and oxygen atoms in total. The number of hydrogen-bond acceptors (Lipinski definition) is 8. The van der Waals surface area contributed by atoms with Crippen LogP contribution in [-0.2, 0) is 17.5 Å². The monoisotopic (exact) mass is 439 g/mol. The first-order valence-corrected chi connectivity index (χ1v) is 10.1. The number of thioether (sulfide) groups is 1. The summed E-state index contributed by atoms with van der Waals surface area (Å²) in [5, 5.41) is 16.8. The molecule has 1 amide bonds. The average molecular weight is 439 g/mol. The summed E-state index contributed by atoms with van der Waals surface area (Å²) in [6, 6.07) is 7.75. The number of benzene rings is 1. The quantitative estimate of drug-likeness (QED) is 0.475. The number of nitrogens with zero attached hydrogens (tertiary/aromatic N) is 6. The smallest absolute Gasteiger partial charge is 0.324 e. The Hall–Kier alpha value is -2.80. The molecule has 0 saturated heterocycles. The maximum absolute atomic E-state index is 12.5. The van der Waals surface area contributed by atoms with Gasteiger partial charge in [0.05, 0.1) is 11.3 Å². The van der Waals surface area contributed by atoms with Gasteiger partial charge >= 0.3 is 6.18 Å². The summed E-state index contributed by atoms with van der Waals surface area (Å²) < 4.78 is 39.6. The normalized spacial score (nSPS) is 12.0. The molecular formula is C16H12F3N7OS2. The highest BCUT2D eigenvalue weighted by atomic mass is 32.2. The zero-order valence-electron chi connectivity index (χ0n) is 14.8. The lowest BCUT2D eigenvalue weighted by Gasteiger charge is -2.03. The van der Waals surface area contributed by atoms with Gasteiger partial charge in [-0.3, -0.25) is 10.1 Å². The van der Waals surface area contributed by atoms with Crippen LogP contribution in [-0.4, -0.2) is 41.6 Å². The Kier molecular flexibility index (Phi) is 5.08. The molecule has 13 heteroatoms. The number of aryl methyl sites for hydroxylation is 1. The zero-order chi connectivity index (χ0) is 20.6. The lowest BCUT2D eigenvalue weighted by molar-refractivity contribution is -0.138. The minimum absolute atomic E-state index is 0.111. The Morgan fingerprint density at radius 1 is 1.21 bits per heavy atom. The molecule has 1 N–H and O–H groups in total. The van der Waals surface area contributed by atoms with Crippen molar-refractivity contribution in [1.29, 1.82) is 0 Å². The van der Waals surface area contributed by atoms with Crippen LogP contribution in [0.15, 0.2) is 29.4 Å². The number of carbonyl (C=O) groups excluding carboxylic acids is 1. The summed E-state index contributed by atoms with van der Waals surface area (Å²) in [6.07, 6.45) is -4.60. The highest BCUT2D eigenvalue weighted by Crippen LogP contribution is 2.33. The molecule has 3 heterocycles. The largest absolute Gasteiger partial charge is 0.445 e. The van der Waals surface area contributed by atoms with E-state index in [0.29, 0.717) is 22.9 Å². The Morgan fingerprint density at radius 2 is 2.00 bits per heavy atom. The minimum Gasteiger partial charge on any atom is -0.324 e. The third-order valence-electron chi connectivity index (χ3n) is 3.92. The molecule has 0 aliphatic rings. The summed E-state index contributed by atoms with van der Waals surface area (Å²) in [7, 11) is 0. The van der Waals surface area contributed by atoms with Gasteiger partial charge in [-0.15, -0.1) is 20.4 Å². The van der Waals surface area contributed by atoms with E-state index >= 15 is 0 Å². The van der Waals surface area contributed by atoms with Crippen LogP contribution in [0.4, 0.5) is 18.3 Å². The fourth-order valence-corrected chi connectivity index (χ4v) is 3.95. The van der Waals surface area contributed by atoms with Crippen molar-refractivity contribution in [1.82, 2.24) is 29.9 Å². The standard InChI is InChI=1S/C16H12F3N7OS2/c1-2-26-9-6-4-3-5-8(9)11-12(26)21-14(24-22-11)28-7-10(27)20-15-25-23-13(29-15)16(17,18)19/h3-6H,2,7H2,1H3,(H,20,25,27). The molecular weight excluding hydrogens is 427 g/mol. The van der Waals surface area contributed by atoms with Gasteiger partial charge in [-0.25, -0.2) is 4.98 Å². The topological polar surface area (TPSA) is 98.5 Å². The number of carbonyl (C=O) groups is 1. The summed E-state index contributed by atoms with van der Waals surface area (Å²) >= 11 is 1.29. The number of fused-ring (bicyclic) bond motifs is 3. The first-order chi connectivity index (χ1) is 13.9. The van der Waals surface area contributed by atoms with Crippen molar-refractivity contribution in [3.8, 4) is 0 Å². The first-order valence-electron chi connectivity index (χ1n) is 8.32. The zero-order valence-corrected chi connectivity index (χ0v) is 16.4. The van der Waals surface area contributed by atoms with E-state index < -0.39 is 17.1 Å². The second-order valence-electron chi connectivity index (χ2n) is 5.77. The van der Waals surface area contributed by atoms with Crippen molar-refractivity contribution < 1.29 is 18.0 Å². The maximum atomic E-state index is 12.5. The van der Waals surface area contributed by atoms with Crippen molar-refractivity contribution >= 4 is 56.2 Å². The van der Waals surface area contributed by atoms with Crippen LogP contribution in [0.3, 0.4) is 0 Å². The number of hydrogen-bond donors (Lipinski definition) is 1. The van der Waals surface area contributed by atoms with Crippen LogP contribution >= 0.6 is 23.1 Å². The predicted octanol–water partition coefficient (Wildman–Crippen LogP) is 3.60. The third-order valence-corrected chi connectivity index (χ3v) is 5.64. The fourth-order valence-electron chi connectivity index (χ4n) is 2.74. The molecule has 0 saturated carbocycles. The van der Waals surface area contributed by atoms with Crippen molar-refractivity contribution in [3.05, 3.63) is 29.3 Å². The Balaban J connectivity index is 1.49. The van der Waals surface area contributed by atoms with Gasteiger partial charge in [0.2, 0.25) is 21.2 Å². The summed E-state index contributed by atoms with van der Waals surface area (Å²) in [5.74, 6) is -0.653. The molecule has 0 fully saturated rings. The molecule has 0 aliphatic heterocycles. The summed E-state index contributed by atoms with van der Waals surface area (Å²) in [5.41, 5.74) is 2.32. The highest BCUT2D eigenvalue weighted by molar-refractivity contribution is 7.99. The predicted molar refractivity (Wildman–Crippen MR) is 103 cm³/mol. The van der Waals surface area contributed by atoms with Crippen LogP contribution < -0.4 is 5.32 Å². The SMILES string of the molecule is CCn1c2ccccc2c2nnc(SCC(=O)Nc3nnc(C(F)(F)F)s3)nc21. The average Bonchev–Trinajstić information content (AvgIpc) is 3.28. The molecule has 150 valence electrons. The molecule has 4 rings (SSSR count). The Labute approximate surface area is 169 Å². The Bertz CT molecular complexity index is 1200. The van der Waals surface area contributed by atoms with Gasteiger partial charge in [0.1, 0.15) is 5.52 Å². The lowest BCUT2D eigenvalue weighted by atomic mass is 10.2. The van der Waals surface area contributed by atoms with Crippen molar-refractivity contribution in [3.63, 3.8) is 0 Å². The van der Waals surface area contributed by atoms with Gasteiger partial charge < -0.3 is 4.57 Å². The highest BCUT2D eigenvalue weighted by Gasteiger charge is 2.35. The molecule has 0 spiro atoms. The Morgan fingerprint density at radius 3 is 2.72 bits per heavy atom. The number of amides is 1. The van der Waals surface area contributed by atoms with E-state index in [4.69, 9.17) is 0 Å². The minimum atomic E-state index is -4.60. The van der Waals surface area contributed by atoms with Gasteiger partial charge in [-0.1, -0.05) is 41.3 Å². The second kappa shape index (κ2) is 7.55. The second-order valence-corrected chi connectivity index (χ2v) is 7.69. The van der Waals surface area contributed by atoms with E-state index in [2.05, 4.69) is 30.7 Å². The van der Waals surface area contributed by atoms with Gasteiger partial charge in [-0.2, -0.15) is 13.2 Å². The number of rotatable bonds is 5. The lowest BCUT2D eigenvalue weighted by Crippen LogP contribution is -2.14. The van der Waals surface area contributed by atoms with E-state index in [9.17, 15) is 18.0 Å². The third kappa shape index (κ3) is 3.87. The van der Waals surface area contributed by atoms with E-state index in [0.717, 1.165) is 22.7 Å². The maximum Gasteiger partial charge on any atom is 0.445 e. The van der Waals surface area contributed by atoms with E-state index in [1.54, 1.807) is 0 Å². The number of anilines is 1. The summed E-state index contributed by atoms with van der Waals surface area (Å²) in [4.78, 5) is 16.5. The van der Waals surface area contributed by atoms with Crippen molar-refractivity contribution in [2.24, 2.45) is 0 Å². The molecule has 0 atom stereocenters. The van der Waals surface area contributed by atoms with Crippen LogP contribution in [0.1, 0.15) is 11.9 Å². The van der Waals surface area contributed by atoms with Gasteiger partial charge in [-0.05, 0) is 13.0 Å². The first kappa shape index (κ1) is 19.5. The number of alkyl halides is 3. The molecule has 1 aromatic carbocycles. The molecule has 0 bridgehead atoms. The van der Waals surface area contributed by atoms with Gasteiger partial charge in [0.15, 0.2) is 5.65 Å². The van der Waals surface area contributed by atoms with Crippen LogP contribution in [0.5, 0.6) is 0 Å². The molecule has 29 heavy (non-hydrogen) atoms. The summed E-state index contributed by atoms with van der Waals surface area (Å²) in [6.45, 7) is 2.68. The van der Waals surface area contributed by atoms with E-state index in [1.807, 2.05) is 35.8 Å². The van der Waals surface area contributed by atoms with Crippen LogP contribution in [0, 0.1) is 0 Å².